The van der Waals surface area contributed by atoms with Crippen LogP contribution in [0.4, 0.5) is 0 Å². The van der Waals surface area contributed by atoms with Gasteiger partial charge in [0.15, 0.2) is 0 Å². The van der Waals surface area contributed by atoms with E-state index in [0.29, 0.717) is 18.8 Å². The first-order valence-corrected chi connectivity index (χ1v) is 6.27. The van der Waals surface area contributed by atoms with Crippen LogP contribution >= 0.6 is 0 Å². The number of aromatic carboxylic acids is 1. The molecule has 0 amide bonds. The average molecular weight is 250 g/mol. The van der Waals surface area contributed by atoms with Gasteiger partial charge in [-0.1, -0.05) is 12.1 Å². The highest BCUT2D eigenvalue weighted by Gasteiger charge is 2.13. The summed E-state index contributed by atoms with van der Waals surface area (Å²) >= 11 is 0. The van der Waals surface area contributed by atoms with Crippen molar-refractivity contribution in [3.05, 3.63) is 35.4 Å². The molecule has 1 unspecified atom stereocenters. The Morgan fingerprint density at radius 2 is 2.33 bits per heavy atom. The fourth-order valence-corrected chi connectivity index (χ4v) is 2.04. The van der Waals surface area contributed by atoms with Crippen molar-refractivity contribution >= 4 is 5.97 Å². The standard InChI is InChI=1S/C14H18O4/c15-14(16)12-5-3-4-11(8-12)9-17-10-13-6-1-2-7-18-13/h3-5,8,13H,1-2,6-7,9-10H2,(H,15,16). The van der Waals surface area contributed by atoms with Gasteiger partial charge in [-0.15, -0.1) is 0 Å². The van der Waals surface area contributed by atoms with E-state index in [4.69, 9.17) is 14.6 Å². The predicted octanol–water partition coefficient (Wildman–Crippen LogP) is 2.47. The summed E-state index contributed by atoms with van der Waals surface area (Å²) < 4.78 is 11.1. The van der Waals surface area contributed by atoms with Crippen LogP contribution in [0.15, 0.2) is 24.3 Å². The third-order valence-corrected chi connectivity index (χ3v) is 3.02. The molecule has 0 radical (unpaired) electrons. The number of hydrogen-bond acceptors (Lipinski definition) is 3. The van der Waals surface area contributed by atoms with Crippen molar-refractivity contribution in [2.45, 2.75) is 32.0 Å². The van der Waals surface area contributed by atoms with E-state index < -0.39 is 5.97 Å². The van der Waals surface area contributed by atoms with Gasteiger partial charge in [0.05, 0.1) is 24.9 Å². The van der Waals surface area contributed by atoms with Gasteiger partial charge in [0.1, 0.15) is 0 Å². The molecule has 1 aromatic rings. The quantitative estimate of drug-likeness (QED) is 0.872. The Labute approximate surface area is 107 Å². The Morgan fingerprint density at radius 1 is 1.44 bits per heavy atom. The number of benzene rings is 1. The second kappa shape index (κ2) is 6.52. The van der Waals surface area contributed by atoms with Crippen molar-refractivity contribution in [2.75, 3.05) is 13.2 Å². The minimum atomic E-state index is -0.910. The van der Waals surface area contributed by atoms with Crippen molar-refractivity contribution in [1.29, 1.82) is 0 Å². The molecule has 1 heterocycles. The van der Waals surface area contributed by atoms with Gasteiger partial charge in [0.2, 0.25) is 0 Å². The highest BCUT2D eigenvalue weighted by Crippen LogP contribution is 2.14. The number of carbonyl (C=O) groups is 1. The number of ether oxygens (including phenoxy) is 2. The zero-order valence-electron chi connectivity index (χ0n) is 10.3. The number of carboxylic acid groups (broad SMARTS) is 1. The molecule has 1 aliphatic heterocycles. The fourth-order valence-electron chi connectivity index (χ4n) is 2.04. The molecule has 0 aromatic heterocycles. The monoisotopic (exact) mass is 250 g/mol. The van der Waals surface area contributed by atoms with Gasteiger partial charge >= 0.3 is 5.97 Å². The highest BCUT2D eigenvalue weighted by molar-refractivity contribution is 5.87. The Kier molecular flexibility index (Phi) is 4.73. The largest absolute Gasteiger partial charge is 0.478 e. The maximum Gasteiger partial charge on any atom is 0.335 e. The Hall–Kier alpha value is -1.39. The predicted molar refractivity (Wildman–Crippen MR) is 66.6 cm³/mol. The highest BCUT2D eigenvalue weighted by atomic mass is 16.5. The second-order valence-electron chi connectivity index (χ2n) is 4.51. The molecule has 1 aliphatic rings. The van der Waals surface area contributed by atoms with Crippen molar-refractivity contribution in [1.82, 2.24) is 0 Å². The summed E-state index contributed by atoms with van der Waals surface area (Å²) in [5.74, 6) is -0.910. The van der Waals surface area contributed by atoms with Crippen molar-refractivity contribution in [2.24, 2.45) is 0 Å². The van der Waals surface area contributed by atoms with Gasteiger partial charge in [-0.25, -0.2) is 4.79 Å². The van der Waals surface area contributed by atoms with E-state index in [9.17, 15) is 4.79 Å². The molecule has 1 N–H and O–H groups in total. The summed E-state index contributed by atoms with van der Waals surface area (Å²) in [6.07, 6.45) is 3.58. The van der Waals surface area contributed by atoms with Crippen LogP contribution in [-0.2, 0) is 16.1 Å². The van der Waals surface area contributed by atoms with Gasteiger partial charge in [0.25, 0.3) is 0 Å². The molecule has 0 saturated carbocycles. The van der Waals surface area contributed by atoms with Crippen LogP contribution in [0.1, 0.15) is 35.2 Å². The van der Waals surface area contributed by atoms with Crippen LogP contribution < -0.4 is 0 Å². The molecule has 4 nitrogen and oxygen atoms in total. The van der Waals surface area contributed by atoms with Gasteiger partial charge in [-0.2, -0.15) is 0 Å². The van der Waals surface area contributed by atoms with Crippen molar-refractivity contribution < 1.29 is 19.4 Å². The van der Waals surface area contributed by atoms with Crippen LogP contribution in [-0.4, -0.2) is 30.4 Å². The topological polar surface area (TPSA) is 55.8 Å². The van der Waals surface area contributed by atoms with E-state index in [1.807, 2.05) is 6.07 Å². The Morgan fingerprint density at radius 3 is 3.06 bits per heavy atom. The van der Waals surface area contributed by atoms with Gasteiger partial charge in [0, 0.05) is 6.61 Å². The van der Waals surface area contributed by atoms with E-state index in [1.165, 1.54) is 6.42 Å². The number of rotatable bonds is 5. The maximum atomic E-state index is 10.8. The van der Waals surface area contributed by atoms with E-state index in [-0.39, 0.29) is 6.10 Å². The zero-order valence-corrected chi connectivity index (χ0v) is 10.3. The molecule has 18 heavy (non-hydrogen) atoms. The molecule has 1 atom stereocenters. The summed E-state index contributed by atoms with van der Waals surface area (Å²) in [6, 6.07) is 6.83. The molecule has 1 fully saturated rings. The number of hydrogen-bond donors (Lipinski definition) is 1. The van der Waals surface area contributed by atoms with Gasteiger partial charge < -0.3 is 14.6 Å². The minimum Gasteiger partial charge on any atom is -0.478 e. The van der Waals surface area contributed by atoms with Gasteiger partial charge in [-0.3, -0.25) is 0 Å². The lowest BCUT2D eigenvalue weighted by molar-refractivity contribution is -0.0447. The van der Waals surface area contributed by atoms with E-state index in [1.54, 1.807) is 18.2 Å². The summed E-state index contributed by atoms with van der Waals surface area (Å²) in [4.78, 5) is 10.8. The third-order valence-electron chi connectivity index (χ3n) is 3.02. The van der Waals surface area contributed by atoms with Crippen LogP contribution in [0, 0.1) is 0 Å². The smallest absolute Gasteiger partial charge is 0.335 e. The maximum absolute atomic E-state index is 10.8. The summed E-state index contributed by atoms with van der Waals surface area (Å²) in [6.45, 7) is 1.83. The first-order valence-electron chi connectivity index (χ1n) is 6.27. The van der Waals surface area contributed by atoms with Crippen molar-refractivity contribution in [3.63, 3.8) is 0 Å². The third kappa shape index (κ3) is 3.82. The second-order valence-corrected chi connectivity index (χ2v) is 4.51. The first-order chi connectivity index (χ1) is 8.75. The SMILES string of the molecule is O=C(O)c1cccc(COCC2CCCCO2)c1. The van der Waals surface area contributed by atoms with E-state index >= 15 is 0 Å². The first kappa shape index (κ1) is 13.1. The molecular weight excluding hydrogens is 232 g/mol. The lowest BCUT2D eigenvalue weighted by Crippen LogP contribution is -2.24. The summed E-state index contributed by atoms with van der Waals surface area (Å²) in [7, 11) is 0. The van der Waals surface area contributed by atoms with Crippen LogP contribution in [0.3, 0.4) is 0 Å². The summed E-state index contributed by atoms with van der Waals surface area (Å²) in [5, 5.41) is 8.88. The minimum absolute atomic E-state index is 0.196. The molecule has 1 saturated heterocycles. The van der Waals surface area contributed by atoms with Crippen molar-refractivity contribution in [3.8, 4) is 0 Å². The zero-order chi connectivity index (χ0) is 12.8. The Balaban J connectivity index is 1.78. The molecular formula is C14H18O4. The molecule has 2 rings (SSSR count). The van der Waals surface area contributed by atoms with Crippen LogP contribution in [0.25, 0.3) is 0 Å². The van der Waals surface area contributed by atoms with Crippen LogP contribution in [0.2, 0.25) is 0 Å². The molecule has 0 spiro atoms. The van der Waals surface area contributed by atoms with E-state index in [0.717, 1.165) is 25.0 Å². The normalized spacial score (nSPS) is 19.7. The fraction of sp³-hybridized carbons (Fsp3) is 0.500. The molecule has 0 bridgehead atoms. The number of carboxylic acids is 1. The average Bonchev–Trinajstić information content (AvgIpc) is 2.40. The van der Waals surface area contributed by atoms with Gasteiger partial charge in [-0.05, 0) is 37.0 Å². The molecule has 1 aromatic carbocycles. The Bertz CT molecular complexity index is 397. The molecule has 4 heteroatoms. The lowest BCUT2D eigenvalue weighted by atomic mass is 10.1. The summed E-state index contributed by atoms with van der Waals surface area (Å²) in [5.41, 5.74) is 1.18. The van der Waals surface area contributed by atoms with Crippen LogP contribution in [0.5, 0.6) is 0 Å². The lowest BCUT2D eigenvalue weighted by Gasteiger charge is -2.22. The van der Waals surface area contributed by atoms with E-state index in [2.05, 4.69) is 0 Å². The molecule has 0 aliphatic carbocycles. The molecule has 98 valence electrons.